The Morgan fingerprint density at radius 2 is 1.81 bits per heavy atom. The molecule has 0 atom stereocenters. The zero-order valence-corrected chi connectivity index (χ0v) is 13.6. The van der Waals surface area contributed by atoms with Crippen molar-refractivity contribution in [2.75, 3.05) is 40.1 Å². The molecule has 0 saturated heterocycles. The number of benzene rings is 1. The third kappa shape index (κ3) is 6.09. The molecule has 0 N–H and O–H groups in total. The molecule has 1 aromatic rings. The van der Waals surface area contributed by atoms with Crippen LogP contribution >= 0.6 is 10.7 Å². The van der Waals surface area contributed by atoms with Crippen LogP contribution in [0.25, 0.3) is 0 Å². The fraction of sp³-hybridized carbons (Fsp3) is 0.538. The van der Waals surface area contributed by atoms with Gasteiger partial charge < -0.3 is 18.9 Å². The lowest BCUT2D eigenvalue weighted by Gasteiger charge is -2.14. The topological polar surface area (TPSA) is 71.1 Å². The second kappa shape index (κ2) is 9.09. The Hall–Kier alpha value is -1.02. The normalized spacial score (nSPS) is 11.4. The monoisotopic (exact) mass is 338 g/mol. The van der Waals surface area contributed by atoms with Gasteiger partial charge in [-0.25, -0.2) is 8.42 Å². The van der Waals surface area contributed by atoms with Crippen molar-refractivity contribution < 1.29 is 27.4 Å². The Kier molecular flexibility index (Phi) is 7.81. The van der Waals surface area contributed by atoms with Gasteiger partial charge in [-0.05, 0) is 19.1 Å². The van der Waals surface area contributed by atoms with Gasteiger partial charge in [0.2, 0.25) is 0 Å². The zero-order chi connectivity index (χ0) is 15.7. The molecular weight excluding hydrogens is 320 g/mol. The lowest BCUT2D eigenvalue weighted by molar-refractivity contribution is 0.0538. The largest absolute Gasteiger partial charge is 0.489 e. The molecule has 120 valence electrons. The van der Waals surface area contributed by atoms with E-state index in [1.54, 1.807) is 26.2 Å². The molecule has 0 aliphatic heterocycles. The minimum absolute atomic E-state index is 0.108. The standard InChI is InChI=1S/C13H19ClO6S/c1-3-19-13-11(20-10-9-18-8-7-17-2)5-4-6-12(13)21(14,15)16/h4-6H,3,7-10H2,1-2H3. The first-order chi connectivity index (χ1) is 10.0. The molecular formula is C13H19ClO6S. The van der Waals surface area contributed by atoms with E-state index in [0.717, 1.165) is 0 Å². The maximum atomic E-state index is 11.5. The summed E-state index contributed by atoms with van der Waals surface area (Å²) in [4.78, 5) is -0.108. The van der Waals surface area contributed by atoms with Gasteiger partial charge in [0.1, 0.15) is 11.5 Å². The highest BCUT2D eigenvalue weighted by atomic mass is 35.7. The Bertz CT molecular complexity index is 531. The van der Waals surface area contributed by atoms with Crippen molar-refractivity contribution in [3.63, 3.8) is 0 Å². The third-order valence-electron chi connectivity index (χ3n) is 2.41. The van der Waals surface area contributed by atoms with Crippen molar-refractivity contribution in [3.05, 3.63) is 18.2 Å². The van der Waals surface area contributed by atoms with E-state index in [1.807, 2.05) is 0 Å². The SMILES string of the molecule is CCOc1c(OCCOCCOC)cccc1S(=O)(=O)Cl. The van der Waals surface area contributed by atoms with Crippen LogP contribution in [0.1, 0.15) is 6.92 Å². The summed E-state index contributed by atoms with van der Waals surface area (Å²) in [6, 6.07) is 4.53. The van der Waals surface area contributed by atoms with Gasteiger partial charge in [-0.2, -0.15) is 0 Å². The number of hydrogen-bond donors (Lipinski definition) is 0. The Labute approximate surface area is 129 Å². The van der Waals surface area contributed by atoms with Crippen molar-refractivity contribution in [1.29, 1.82) is 0 Å². The van der Waals surface area contributed by atoms with Crippen LogP contribution in [0.4, 0.5) is 0 Å². The van der Waals surface area contributed by atoms with Crippen molar-refractivity contribution in [2.45, 2.75) is 11.8 Å². The van der Waals surface area contributed by atoms with Gasteiger partial charge in [-0.15, -0.1) is 0 Å². The molecule has 0 radical (unpaired) electrons. The second-order valence-corrected chi connectivity index (χ2v) is 6.44. The molecule has 8 heteroatoms. The van der Waals surface area contributed by atoms with Crippen LogP contribution in [0.15, 0.2) is 23.1 Å². The van der Waals surface area contributed by atoms with Gasteiger partial charge >= 0.3 is 0 Å². The first kappa shape index (κ1) is 18.0. The first-order valence-electron chi connectivity index (χ1n) is 6.40. The summed E-state index contributed by atoms with van der Waals surface area (Å²) in [5, 5.41) is 0. The smallest absolute Gasteiger partial charge is 0.265 e. The maximum absolute atomic E-state index is 11.5. The fourth-order valence-electron chi connectivity index (χ4n) is 1.54. The molecule has 0 aliphatic carbocycles. The highest BCUT2D eigenvalue weighted by Crippen LogP contribution is 2.36. The van der Waals surface area contributed by atoms with Gasteiger partial charge in [0.15, 0.2) is 11.5 Å². The predicted octanol–water partition coefficient (Wildman–Crippen LogP) is 2.05. The van der Waals surface area contributed by atoms with E-state index in [-0.39, 0.29) is 17.3 Å². The molecule has 0 heterocycles. The van der Waals surface area contributed by atoms with Crippen molar-refractivity contribution in [1.82, 2.24) is 0 Å². The Morgan fingerprint density at radius 1 is 1.10 bits per heavy atom. The summed E-state index contributed by atoms with van der Waals surface area (Å²) in [7, 11) is 3.08. The molecule has 21 heavy (non-hydrogen) atoms. The minimum atomic E-state index is -3.90. The van der Waals surface area contributed by atoms with E-state index in [4.69, 9.17) is 29.6 Å². The summed E-state index contributed by atoms with van der Waals surface area (Å²) in [6.45, 7) is 3.63. The Balaban J connectivity index is 2.73. The lowest BCUT2D eigenvalue weighted by atomic mass is 10.3. The lowest BCUT2D eigenvalue weighted by Crippen LogP contribution is -2.11. The van der Waals surface area contributed by atoms with E-state index in [1.165, 1.54) is 6.07 Å². The van der Waals surface area contributed by atoms with Gasteiger partial charge in [-0.3, -0.25) is 0 Å². The van der Waals surface area contributed by atoms with E-state index in [2.05, 4.69) is 0 Å². The Morgan fingerprint density at radius 3 is 2.43 bits per heavy atom. The summed E-state index contributed by atoms with van der Waals surface area (Å²) in [5.74, 6) is 0.431. The van der Waals surface area contributed by atoms with E-state index < -0.39 is 9.05 Å². The van der Waals surface area contributed by atoms with Crippen LogP contribution in [0.3, 0.4) is 0 Å². The minimum Gasteiger partial charge on any atom is -0.489 e. The number of hydrogen-bond acceptors (Lipinski definition) is 6. The summed E-state index contributed by atoms with van der Waals surface area (Å²) < 4.78 is 44.0. The number of halogens is 1. The highest BCUT2D eigenvalue weighted by Gasteiger charge is 2.20. The molecule has 0 fully saturated rings. The molecule has 0 bridgehead atoms. The van der Waals surface area contributed by atoms with Crippen molar-refractivity contribution in [2.24, 2.45) is 0 Å². The van der Waals surface area contributed by atoms with Crippen LogP contribution in [0.2, 0.25) is 0 Å². The molecule has 1 aromatic carbocycles. The second-order valence-electron chi connectivity index (χ2n) is 3.91. The van der Waals surface area contributed by atoms with Crippen LogP contribution < -0.4 is 9.47 Å². The number of methoxy groups -OCH3 is 1. The number of ether oxygens (including phenoxy) is 4. The summed E-state index contributed by atoms with van der Waals surface area (Å²) in [6.07, 6.45) is 0. The third-order valence-corrected chi connectivity index (χ3v) is 3.76. The van der Waals surface area contributed by atoms with Gasteiger partial charge in [0, 0.05) is 17.8 Å². The van der Waals surface area contributed by atoms with E-state index in [9.17, 15) is 8.42 Å². The van der Waals surface area contributed by atoms with Crippen LogP contribution in [0.5, 0.6) is 11.5 Å². The van der Waals surface area contributed by atoms with E-state index >= 15 is 0 Å². The van der Waals surface area contributed by atoms with Crippen molar-refractivity contribution in [3.8, 4) is 11.5 Å². The molecule has 0 aliphatic rings. The molecule has 0 spiro atoms. The van der Waals surface area contributed by atoms with Gasteiger partial charge in [0.05, 0.1) is 26.4 Å². The number of rotatable bonds is 10. The molecule has 6 nitrogen and oxygen atoms in total. The van der Waals surface area contributed by atoms with Gasteiger partial charge in [0.25, 0.3) is 9.05 Å². The predicted molar refractivity (Wildman–Crippen MR) is 78.8 cm³/mol. The summed E-state index contributed by atoms with van der Waals surface area (Å²) >= 11 is 0. The van der Waals surface area contributed by atoms with Crippen LogP contribution in [-0.2, 0) is 18.5 Å². The molecule has 0 saturated carbocycles. The molecule has 0 amide bonds. The molecule has 0 aromatic heterocycles. The van der Waals surface area contributed by atoms with E-state index in [0.29, 0.717) is 32.2 Å². The maximum Gasteiger partial charge on any atom is 0.265 e. The fourth-order valence-corrected chi connectivity index (χ4v) is 2.53. The van der Waals surface area contributed by atoms with Gasteiger partial charge in [-0.1, -0.05) is 6.07 Å². The molecule has 0 unspecified atom stereocenters. The summed E-state index contributed by atoms with van der Waals surface area (Å²) in [5.41, 5.74) is 0. The first-order valence-corrected chi connectivity index (χ1v) is 8.71. The average molecular weight is 339 g/mol. The highest BCUT2D eigenvalue weighted by molar-refractivity contribution is 8.13. The van der Waals surface area contributed by atoms with Crippen LogP contribution in [0, 0.1) is 0 Å². The van der Waals surface area contributed by atoms with Crippen molar-refractivity contribution >= 4 is 19.7 Å². The zero-order valence-electron chi connectivity index (χ0n) is 12.0. The molecule has 1 rings (SSSR count). The quantitative estimate of drug-likeness (QED) is 0.480. The number of para-hydroxylation sites is 1. The average Bonchev–Trinajstić information content (AvgIpc) is 2.43. The van der Waals surface area contributed by atoms with Crippen LogP contribution in [-0.4, -0.2) is 48.6 Å².